The smallest absolute Gasteiger partial charge is 0.253 e. The van der Waals surface area contributed by atoms with E-state index in [1.807, 2.05) is 6.92 Å². The summed E-state index contributed by atoms with van der Waals surface area (Å²) in [5, 5.41) is 0. The van der Waals surface area contributed by atoms with Crippen molar-refractivity contribution in [3.8, 4) is 0 Å². The Hall–Kier alpha value is -1.47. The number of sulfonamides is 1. The molecular weight excluding hydrogens is 343 g/mol. The van der Waals surface area contributed by atoms with Gasteiger partial charge < -0.3 is 4.90 Å². The van der Waals surface area contributed by atoms with Crippen LogP contribution in [0.5, 0.6) is 0 Å². The summed E-state index contributed by atoms with van der Waals surface area (Å²) < 4.78 is 41.1. The molecule has 3 rings (SSSR count). The van der Waals surface area contributed by atoms with Crippen molar-refractivity contribution in [3.05, 3.63) is 29.6 Å². The van der Waals surface area contributed by atoms with Crippen LogP contribution in [0.15, 0.2) is 23.1 Å². The first kappa shape index (κ1) is 18.3. The van der Waals surface area contributed by atoms with Crippen LogP contribution in [0.3, 0.4) is 0 Å². The fourth-order valence-electron chi connectivity index (χ4n) is 3.36. The molecule has 0 radical (unpaired) electrons. The van der Waals surface area contributed by atoms with E-state index >= 15 is 0 Å². The Balaban J connectivity index is 1.88. The standard InChI is InChI=1S/C18H25FN2O3S/c1-13(14-6-7-14)20(2)18(22)15-8-9-16(19)17(12-15)25(23,24)21-10-4-3-5-11-21/h8-9,12-14H,3-7,10-11H2,1-2H3. The van der Waals surface area contributed by atoms with E-state index in [1.165, 1.54) is 16.4 Å². The number of amides is 1. The van der Waals surface area contributed by atoms with Crippen LogP contribution in [0, 0.1) is 11.7 Å². The molecule has 0 bridgehead atoms. The number of benzene rings is 1. The molecule has 5 nitrogen and oxygen atoms in total. The zero-order chi connectivity index (χ0) is 18.2. The molecular formula is C18H25FN2O3S. The van der Waals surface area contributed by atoms with Crippen LogP contribution in [-0.4, -0.2) is 49.7 Å². The lowest BCUT2D eigenvalue weighted by Gasteiger charge is -2.27. The van der Waals surface area contributed by atoms with Gasteiger partial charge in [0.15, 0.2) is 0 Å². The summed E-state index contributed by atoms with van der Waals surface area (Å²) in [4.78, 5) is 13.9. The molecule has 138 valence electrons. The van der Waals surface area contributed by atoms with E-state index in [9.17, 15) is 17.6 Å². The summed E-state index contributed by atoms with van der Waals surface area (Å²) in [6, 6.07) is 3.74. The Morgan fingerprint density at radius 3 is 2.48 bits per heavy atom. The lowest BCUT2D eigenvalue weighted by atomic mass is 10.1. The maximum Gasteiger partial charge on any atom is 0.253 e. The summed E-state index contributed by atoms with van der Waals surface area (Å²) in [5.74, 6) is -0.569. The number of hydrogen-bond donors (Lipinski definition) is 0. The van der Waals surface area contributed by atoms with Crippen LogP contribution in [0.25, 0.3) is 0 Å². The van der Waals surface area contributed by atoms with E-state index in [1.54, 1.807) is 11.9 Å². The van der Waals surface area contributed by atoms with E-state index in [2.05, 4.69) is 0 Å². The highest BCUT2D eigenvalue weighted by Gasteiger charge is 2.34. The molecule has 1 saturated carbocycles. The van der Waals surface area contributed by atoms with Gasteiger partial charge in [-0.1, -0.05) is 6.42 Å². The lowest BCUT2D eigenvalue weighted by molar-refractivity contribution is 0.0727. The SMILES string of the molecule is CC(C1CC1)N(C)C(=O)c1ccc(F)c(S(=O)(=O)N2CCCCC2)c1. The molecule has 1 aromatic rings. The molecule has 1 aliphatic carbocycles. The third kappa shape index (κ3) is 3.72. The highest BCUT2D eigenvalue weighted by atomic mass is 32.2. The summed E-state index contributed by atoms with van der Waals surface area (Å²) >= 11 is 0. The van der Waals surface area contributed by atoms with Gasteiger partial charge in [-0.25, -0.2) is 12.8 Å². The summed E-state index contributed by atoms with van der Waals surface area (Å²) in [5.41, 5.74) is 0.215. The number of carbonyl (C=O) groups excluding carboxylic acids is 1. The van der Waals surface area contributed by atoms with Crippen molar-refractivity contribution in [2.45, 2.75) is 50.0 Å². The van der Waals surface area contributed by atoms with E-state index in [0.717, 1.165) is 38.2 Å². The second-order valence-electron chi connectivity index (χ2n) is 7.10. The largest absolute Gasteiger partial charge is 0.339 e. The topological polar surface area (TPSA) is 57.7 Å². The van der Waals surface area contributed by atoms with Gasteiger partial charge in [-0.15, -0.1) is 0 Å². The van der Waals surface area contributed by atoms with Crippen LogP contribution in [0.2, 0.25) is 0 Å². The predicted octanol–water partition coefficient (Wildman–Crippen LogP) is 2.87. The van der Waals surface area contributed by atoms with Crippen LogP contribution in [0.4, 0.5) is 4.39 Å². The molecule has 25 heavy (non-hydrogen) atoms. The Morgan fingerprint density at radius 1 is 1.24 bits per heavy atom. The zero-order valence-corrected chi connectivity index (χ0v) is 15.6. The number of carbonyl (C=O) groups is 1. The maximum atomic E-state index is 14.3. The Bertz CT molecular complexity index is 756. The average molecular weight is 368 g/mol. The predicted molar refractivity (Wildman–Crippen MR) is 93.3 cm³/mol. The van der Waals surface area contributed by atoms with E-state index in [-0.39, 0.29) is 17.5 Å². The summed E-state index contributed by atoms with van der Waals surface area (Å²) in [6.07, 6.45) is 4.76. The highest BCUT2D eigenvalue weighted by Crippen LogP contribution is 2.35. The molecule has 1 unspecified atom stereocenters. The number of nitrogens with zero attached hydrogens (tertiary/aromatic N) is 2. The molecule has 2 fully saturated rings. The fourth-order valence-corrected chi connectivity index (χ4v) is 4.97. The van der Waals surface area contributed by atoms with Crippen molar-refractivity contribution in [2.24, 2.45) is 5.92 Å². The average Bonchev–Trinajstić information content (AvgIpc) is 3.46. The second kappa shape index (κ2) is 7.03. The van der Waals surface area contributed by atoms with Crippen LogP contribution in [0.1, 0.15) is 49.4 Å². The normalized spacial score (nSPS) is 20.3. The third-order valence-electron chi connectivity index (χ3n) is 5.35. The van der Waals surface area contributed by atoms with Crippen LogP contribution < -0.4 is 0 Å². The first-order chi connectivity index (χ1) is 11.8. The van der Waals surface area contributed by atoms with Gasteiger partial charge in [-0.05, 0) is 56.7 Å². The molecule has 1 atom stereocenters. The van der Waals surface area contributed by atoms with Gasteiger partial charge in [-0.3, -0.25) is 4.79 Å². The Labute approximate surface area is 148 Å². The van der Waals surface area contributed by atoms with E-state index < -0.39 is 20.7 Å². The molecule has 0 aromatic heterocycles. The van der Waals surface area contributed by atoms with Crippen LogP contribution in [-0.2, 0) is 10.0 Å². The number of hydrogen-bond acceptors (Lipinski definition) is 3. The zero-order valence-electron chi connectivity index (χ0n) is 14.7. The maximum absolute atomic E-state index is 14.3. The fraction of sp³-hybridized carbons (Fsp3) is 0.611. The van der Waals surface area contributed by atoms with Crippen molar-refractivity contribution < 1.29 is 17.6 Å². The van der Waals surface area contributed by atoms with Crippen molar-refractivity contribution in [1.29, 1.82) is 0 Å². The Morgan fingerprint density at radius 2 is 1.88 bits per heavy atom. The highest BCUT2D eigenvalue weighted by molar-refractivity contribution is 7.89. The number of rotatable bonds is 5. The third-order valence-corrected chi connectivity index (χ3v) is 7.26. The van der Waals surface area contributed by atoms with Gasteiger partial charge >= 0.3 is 0 Å². The van der Waals surface area contributed by atoms with Gasteiger partial charge in [0.25, 0.3) is 5.91 Å². The van der Waals surface area contributed by atoms with Crippen LogP contribution >= 0.6 is 0 Å². The minimum Gasteiger partial charge on any atom is -0.339 e. The molecule has 2 aliphatic rings. The first-order valence-corrected chi connectivity index (χ1v) is 10.3. The first-order valence-electron chi connectivity index (χ1n) is 8.89. The van der Waals surface area contributed by atoms with Gasteiger partial charge in [0.2, 0.25) is 10.0 Å². The van der Waals surface area contributed by atoms with Gasteiger partial charge in [0.05, 0.1) is 0 Å². The lowest BCUT2D eigenvalue weighted by Crippen LogP contribution is -2.37. The Kier molecular flexibility index (Phi) is 5.16. The molecule has 1 aliphatic heterocycles. The molecule has 1 aromatic carbocycles. The summed E-state index contributed by atoms with van der Waals surface area (Å²) in [6.45, 7) is 2.79. The quantitative estimate of drug-likeness (QED) is 0.803. The van der Waals surface area contributed by atoms with E-state index in [0.29, 0.717) is 19.0 Å². The van der Waals surface area contributed by atoms with Gasteiger partial charge in [0, 0.05) is 31.7 Å². The van der Waals surface area contributed by atoms with Gasteiger partial charge in [0.1, 0.15) is 10.7 Å². The van der Waals surface area contributed by atoms with Crippen molar-refractivity contribution in [1.82, 2.24) is 9.21 Å². The number of halogens is 1. The molecule has 0 spiro atoms. The minimum absolute atomic E-state index is 0.0969. The minimum atomic E-state index is -3.91. The van der Waals surface area contributed by atoms with Gasteiger partial charge in [-0.2, -0.15) is 4.31 Å². The molecule has 0 N–H and O–H groups in total. The van der Waals surface area contributed by atoms with Crippen molar-refractivity contribution in [2.75, 3.05) is 20.1 Å². The molecule has 1 heterocycles. The van der Waals surface area contributed by atoms with Crippen molar-refractivity contribution >= 4 is 15.9 Å². The molecule has 1 saturated heterocycles. The molecule has 1 amide bonds. The monoisotopic (exact) mass is 368 g/mol. The van der Waals surface area contributed by atoms with Crippen molar-refractivity contribution in [3.63, 3.8) is 0 Å². The summed E-state index contributed by atoms with van der Waals surface area (Å²) in [7, 11) is -2.20. The number of piperidine rings is 1. The van der Waals surface area contributed by atoms with E-state index in [4.69, 9.17) is 0 Å². The second-order valence-corrected chi connectivity index (χ2v) is 9.01. The molecule has 7 heteroatoms.